The third kappa shape index (κ3) is 3.61. The molecule has 5 heteroatoms. The van der Waals surface area contributed by atoms with Crippen LogP contribution in [0.25, 0.3) is 10.6 Å². The first-order valence-corrected chi connectivity index (χ1v) is 9.32. The molecule has 126 valence electrons. The smallest absolute Gasteiger partial charge is 0.223 e. The Balaban J connectivity index is 1.42. The molecule has 1 aromatic carbocycles. The van der Waals surface area contributed by atoms with E-state index in [4.69, 9.17) is 4.98 Å². The first-order valence-electron chi connectivity index (χ1n) is 8.50. The Morgan fingerprint density at radius 3 is 2.88 bits per heavy atom. The normalized spacial score (nSPS) is 16.2. The molecule has 4 rings (SSSR count). The van der Waals surface area contributed by atoms with Crippen LogP contribution in [0.15, 0.2) is 54.9 Å². The SMILES string of the molecule is O=C(NCc1ccccc1)C1CCc2nc(-c3cccnc3)sc2C1. The molecular formula is C20H19N3OS. The average Bonchev–Trinajstić information content (AvgIpc) is 3.11. The molecular weight excluding hydrogens is 330 g/mol. The van der Waals surface area contributed by atoms with Gasteiger partial charge < -0.3 is 5.32 Å². The van der Waals surface area contributed by atoms with Gasteiger partial charge in [0.15, 0.2) is 0 Å². The maximum Gasteiger partial charge on any atom is 0.223 e. The molecule has 1 unspecified atom stereocenters. The molecule has 1 aliphatic rings. The quantitative estimate of drug-likeness (QED) is 0.782. The van der Waals surface area contributed by atoms with Crippen LogP contribution < -0.4 is 5.32 Å². The van der Waals surface area contributed by atoms with Crippen molar-refractivity contribution in [1.82, 2.24) is 15.3 Å². The van der Waals surface area contributed by atoms with Gasteiger partial charge in [0, 0.05) is 35.3 Å². The number of carbonyl (C=O) groups excluding carboxylic acids is 1. The lowest BCUT2D eigenvalue weighted by atomic mass is 9.90. The molecule has 0 aliphatic heterocycles. The Morgan fingerprint density at radius 1 is 1.20 bits per heavy atom. The number of nitrogens with zero attached hydrogens (tertiary/aromatic N) is 2. The summed E-state index contributed by atoms with van der Waals surface area (Å²) >= 11 is 1.69. The number of nitrogens with one attached hydrogen (secondary N) is 1. The summed E-state index contributed by atoms with van der Waals surface area (Å²) in [5.74, 6) is 0.184. The predicted molar refractivity (Wildman–Crippen MR) is 99.1 cm³/mol. The lowest BCUT2D eigenvalue weighted by Crippen LogP contribution is -2.33. The zero-order valence-electron chi connectivity index (χ0n) is 13.8. The number of amides is 1. The molecule has 1 atom stereocenters. The Bertz CT molecular complexity index is 861. The van der Waals surface area contributed by atoms with Crippen LogP contribution in [0.2, 0.25) is 0 Å². The largest absolute Gasteiger partial charge is 0.352 e. The van der Waals surface area contributed by atoms with E-state index in [1.54, 1.807) is 17.5 Å². The zero-order chi connectivity index (χ0) is 17.1. The highest BCUT2D eigenvalue weighted by atomic mass is 32.1. The molecule has 0 radical (unpaired) electrons. The zero-order valence-corrected chi connectivity index (χ0v) is 14.6. The second-order valence-corrected chi connectivity index (χ2v) is 7.36. The summed E-state index contributed by atoms with van der Waals surface area (Å²) in [6.45, 7) is 0.590. The molecule has 1 N–H and O–H groups in total. The van der Waals surface area contributed by atoms with Gasteiger partial charge in [0.05, 0.1) is 5.69 Å². The maximum atomic E-state index is 12.5. The van der Waals surface area contributed by atoms with E-state index in [1.165, 1.54) is 4.88 Å². The minimum atomic E-state index is 0.0402. The number of pyridine rings is 1. The highest BCUT2D eigenvalue weighted by molar-refractivity contribution is 7.15. The van der Waals surface area contributed by atoms with Crippen molar-refractivity contribution in [2.24, 2.45) is 5.92 Å². The highest BCUT2D eigenvalue weighted by Crippen LogP contribution is 2.34. The molecule has 2 aromatic heterocycles. The third-order valence-corrected chi connectivity index (χ3v) is 5.70. The number of rotatable bonds is 4. The number of aryl methyl sites for hydroxylation is 1. The van der Waals surface area contributed by atoms with Crippen molar-refractivity contribution >= 4 is 17.2 Å². The number of aromatic nitrogens is 2. The maximum absolute atomic E-state index is 12.5. The van der Waals surface area contributed by atoms with E-state index < -0.39 is 0 Å². The van der Waals surface area contributed by atoms with E-state index in [-0.39, 0.29) is 11.8 Å². The second-order valence-electron chi connectivity index (χ2n) is 6.27. The van der Waals surface area contributed by atoms with Gasteiger partial charge in [-0.2, -0.15) is 0 Å². The molecule has 0 spiro atoms. The van der Waals surface area contributed by atoms with Gasteiger partial charge in [0.2, 0.25) is 5.91 Å². The van der Waals surface area contributed by atoms with Gasteiger partial charge >= 0.3 is 0 Å². The third-order valence-electron chi connectivity index (χ3n) is 4.53. The first kappa shape index (κ1) is 16.0. The van der Waals surface area contributed by atoms with Crippen LogP contribution in [-0.4, -0.2) is 15.9 Å². The summed E-state index contributed by atoms with van der Waals surface area (Å²) < 4.78 is 0. The second kappa shape index (κ2) is 7.15. The molecule has 0 saturated heterocycles. The molecule has 1 amide bonds. The Labute approximate surface area is 151 Å². The topological polar surface area (TPSA) is 54.9 Å². The summed E-state index contributed by atoms with van der Waals surface area (Å²) in [6, 6.07) is 14.0. The number of thiazole rings is 1. The van der Waals surface area contributed by atoms with Crippen molar-refractivity contribution in [3.05, 3.63) is 71.0 Å². The van der Waals surface area contributed by atoms with Crippen LogP contribution in [0, 0.1) is 5.92 Å². The van der Waals surface area contributed by atoms with E-state index in [9.17, 15) is 4.79 Å². The number of benzene rings is 1. The van der Waals surface area contributed by atoms with Crippen molar-refractivity contribution in [2.45, 2.75) is 25.8 Å². The summed E-state index contributed by atoms with van der Waals surface area (Å²) in [7, 11) is 0. The van der Waals surface area contributed by atoms with Gasteiger partial charge in [0.1, 0.15) is 5.01 Å². The molecule has 0 saturated carbocycles. The molecule has 25 heavy (non-hydrogen) atoms. The monoisotopic (exact) mass is 349 g/mol. The predicted octanol–water partition coefficient (Wildman–Crippen LogP) is 3.63. The standard InChI is InChI=1S/C20H19N3OS/c24-19(22-12-14-5-2-1-3-6-14)15-8-9-17-18(11-15)25-20(23-17)16-7-4-10-21-13-16/h1-7,10,13,15H,8-9,11-12H2,(H,22,24). The van der Waals surface area contributed by atoms with Crippen molar-refractivity contribution in [3.63, 3.8) is 0 Å². The number of carbonyl (C=O) groups is 1. The van der Waals surface area contributed by atoms with Crippen LogP contribution >= 0.6 is 11.3 Å². The summed E-state index contributed by atoms with van der Waals surface area (Å²) in [4.78, 5) is 22.7. The van der Waals surface area contributed by atoms with Gasteiger partial charge in [-0.1, -0.05) is 30.3 Å². The minimum Gasteiger partial charge on any atom is -0.352 e. The highest BCUT2D eigenvalue weighted by Gasteiger charge is 2.27. The van der Waals surface area contributed by atoms with Gasteiger partial charge in [-0.25, -0.2) is 4.98 Å². The molecule has 2 heterocycles. The number of fused-ring (bicyclic) bond motifs is 1. The fourth-order valence-electron chi connectivity index (χ4n) is 3.14. The number of hydrogen-bond acceptors (Lipinski definition) is 4. The average molecular weight is 349 g/mol. The Morgan fingerprint density at radius 2 is 2.08 bits per heavy atom. The Hall–Kier alpha value is -2.53. The fourth-order valence-corrected chi connectivity index (χ4v) is 4.32. The summed E-state index contributed by atoms with van der Waals surface area (Å²) in [6.07, 6.45) is 6.13. The van der Waals surface area contributed by atoms with Crippen LogP contribution in [0.4, 0.5) is 0 Å². The van der Waals surface area contributed by atoms with E-state index in [0.29, 0.717) is 6.54 Å². The van der Waals surface area contributed by atoms with Crippen LogP contribution in [0.1, 0.15) is 22.6 Å². The van der Waals surface area contributed by atoms with Crippen LogP contribution in [0.3, 0.4) is 0 Å². The molecule has 4 nitrogen and oxygen atoms in total. The van der Waals surface area contributed by atoms with Gasteiger partial charge in [-0.15, -0.1) is 11.3 Å². The van der Waals surface area contributed by atoms with Crippen LogP contribution in [-0.2, 0) is 24.2 Å². The number of hydrogen-bond donors (Lipinski definition) is 1. The summed E-state index contributed by atoms with van der Waals surface area (Å²) in [5, 5.41) is 4.08. The van der Waals surface area contributed by atoms with Gasteiger partial charge in [-0.3, -0.25) is 9.78 Å². The van der Waals surface area contributed by atoms with Crippen molar-refractivity contribution < 1.29 is 4.79 Å². The van der Waals surface area contributed by atoms with E-state index >= 15 is 0 Å². The van der Waals surface area contributed by atoms with Gasteiger partial charge in [-0.05, 0) is 37.0 Å². The fraction of sp³-hybridized carbons (Fsp3) is 0.250. The first-order chi connectivity index (χ1) is 12.3. The molecule has 3 aromatic rings. The van der Waals surface area contributed by atoms with Crippen molar-refractivity contribution in [2.75, 3.05) is 0 Å². The molecule has 1 aliphatic carbocycles. The molecule has 0 bridgehead atoms. The van der Waals surface area contributed by atoms with E-state index in [1.807, 2.05) is 48.7 Å². The Kier molecular flexibility index (Phi) is 4.57. The van der Waals surface area contributed by atoms with Gasteiger partial charge in [0.25, 0.3) is 0 Å². The van der Waals surface area contributed by atoms with Crippen molar-refractivity contribution in [3.8, 4) is 10.6 Å². The van der Waals surface area contributed by atoms with E-state index in [2.05, 4.69) is 10.3 Å². The summed E-state index contributed by atoms with van der Waals surface area (Å²) in [5.41, 5.74) is 3.33. The molecule has 0 fully saturated rings. The lowest BCUT2D eigenvalue weighted by molar-refractivity contribution is -0.125. The van der Waals surface area contributed by atoms with Crippen molar-refractivity contribution in [1.29, 1.82) is 0 Å². The minimum absolute atomic E-state index is 0.0402. The van der Waals surface area contributed by atoms with E-state index in [0.717, 1.165) is 41.1 Å². The lowest BCUT2D eigenvalue weighted by Gasteiger charge is -2.20. The van der Waals surface area contributed by atoms with Crippen LogP contribution in [0.5, 0.6) is 0 Å².